The van der Waals surface area contributed by atoms with Crippen molar-refractivity contribution in [2.24, 2.45) is 0 Å². The summed E-state index contributed by atoms with van der Waals surface area (Å²) in [5.41, 5.74) is 1.65. The van der Waals surface area contributed by atoms with Crippen molar-refractivity contribution in [1.29, 1.82) is 0 Å². The lowest BCUT2D eigenvalue weighted by atomic mass is 10.2. The van der Waals surface area contributed by atoms with Crippen molar-refractivity contribution in [2.75, 3.05) is 4.90 Å². The van der Waals surface area contributed by atoms with Crippen molar-refractivity contribution in [2.45, 2.75) is 13.5 Å². The molecule has 0 unspecified atom stereocenters. The Kier molecular flexibility index (Phi) is 3.66. The fraction of sp³-hybridized carbons (Fsp3) is 0.143. The molecule has 0 fully saturated rings. The molecule has 2 aromatic rings. The van der Waals surface area contributed by atoms with Crippen LogP contribution in [-0.4, -0.2) is 22.0 Å². The number of aromatic carboxylic acids is 1. The highest BCUT2D eigenvalue weighted by molar-refractivity contribution is 5.91. The van der Waals surface area contributed by atoms with Gasteiger partial charge in [0, 0.05) is 18.8 Å². The molecule has 0 radical (unpaired) electrons. The first-order chi connectivity index (χ1) is 9.08. The predicted molar refractivity (Wildman–Crippen MR) is 71.1 cm³/mol. The summed E-state index contributed by atoms with van der Waals surface area (Å²) in [7, 11) is 0. The maximum Gasteiger partial charge on any atom is 0.352 e. The lowest BCUT2D eigenvalue weighted by Crippen LogP contribution is -2.27. The van der Waals surface area contributed by atoms with Crippen LogP contribution in [0.15, 0.2) is 42.6 Å². The molecule has 1 aromatic carbocycles. The molecule has 0 aliphatic rings. The van der Waals surface area contributed by atoms with Gasteiger partial charge in [-0.05, 0) is 23.8 Å². The molecule has 1 aromatic heterocycles. The van der Waals surface area contributed by atoms with Gasteiger partial charge in [0.15, 0.2) is 0 Å². The number of carboxylic acids is 1. The number of anilines is 1. The number of carbonyl (C=O) groups excluding carboxylic acids is 1. The highest BCUT2D eigenvalue weighted by Gasteiger charge is 2.14. The molecular formula is C14H14N2O3. The zero-order valence-corrected chi connectivity index (χ0v) is 10.5. The van der Waals surface area contributed by atoms with Gasteiger partial charge in [-0.1, -0.05) is 18.2 Å². The van der Waals surface area contributed by atoms with Crippen LogP contribution in [0.25, 0.3) is 0 Å². The lowest BCUT2D eigenvalue weighted by molar-refractivity contribution is -0.116. The molecule has 98 valence electrons. The second kappa shape index (κ2) is 5.39. The van der Waals surface area contributed by atoms with E-state index >= 15 is 0 Å². The Balaban J connectivity index is 2.22. The highest BCUT2D eigenvalue weighted by Crippen LogP contribution is 2.17. The summed E-state index contributed by atoms with van der Waals surface area (Å²) in [6.07, 6.45) is 1.60. The SMILES string of the molecule is CC(=O)N(Cc1c[nH]c(C(=O)O)c1)c1ccccc1. The van der Waals surface area contributed by atoms with E-state index in [1.54, 1.807) is 11.1 Å². The summed E-state index contributed by atoms with van der Waals surface area (Å²) in [6.45, 7) is 1.82. The fourth-order valence-electron chi connectivity index (χ4n) is 1.83. The second-order valence-corrected chi connectivity index (χ2v) is 4.17. The van der Waals surface area contributed by atoms with Crippen molar-refractivity contribution >= 4 is 17.6 Å². The topological polar surface area (TPSA) is 73.4 Å². The van der Waals surface area contributed by atoms with E-state index in [9.17, 15) is 9.59 Å². The van der Waals surface area contributed by atoms with Gasteiger partial charge in [0.25, 0.3) is 0 Å². The quantitative estimate of drug-likeness (QED) is 0.883. The lowest BCUT2D eigenvalue weighted by Gasteiger charge is -2.20. The number of H-pyrrole nitrogens is 1. The van der Waals surface area contributed by atoms with Crippen LogP contribution >= 0.6 is 0 Å². The molecule has 0 aliphatic heterocycles. The summed E-state index contributed by atoms with van der Waals surface area (Å²) in [5, 5.41) is 8.85. The number of aromatic nitrogens is 1. The Morgan fingerprint density at radius 1 is 1.26 bits per heavy atom. The third-order valence-electron chi connectivity index (χ3n) is 2.76. The minimum atomic E-state index is -1.01. The minimum Gasteiger partial charge on any atom is -0.477 e. The van der Waals surface area contributed by atoms with Crippen LogP contribution in [0.4, 0.5) is 5.69 Å². The standard InChI is InChI=1S/C14H14N2O3/c1-10(17)16(12-5-3-2-4-6-12)9-11-7-13(14(18)19)15-8-11/h2-8,15H,9H2,1H3,(H,18,19). The fourth-order valence-corrected chi connectivity index (χ4v) is 1.83. The number of hydrogen-bond donors (Lipinski definition) is 2. The highest BCUT2D eigenvalue weighted by atomic mass is 16.4. The number of aromatic amines is 1. The van der Waals surface area contributed by atoms with Gasteiger partial charge in [-0.15, -0.1) is 0 Å². The Bertz CT molecular complexity index is 590. The van der Waals surface area contributed by atoms with Gasteiger partial charge < -0.3 is 15.0 Å². The van der Waals surface area contributed by atoms with Gasteiger partial charge in [0.05, 0.1) is 6.54 Å². The Labute approximate surface area is 110 Å². The number of nitrogens with one attached hydrogen (secondary N) is 1. The number of benzene rings is 1. The zero-order valence-electron chi connectivity index (χ0n) is 10.5. The minimum absolute atomic E-state index is 0.0933. The molecule has 2 rings (SSSR count). The van der Waals surface area contributed by atoms with E-state index in [1.165, 1.54) is 13.0 Å². The van der Waals surface area contributed by atoms with Crippen LogP contribution in [0.5, 0.6) is 0 Å². The molecule has 0 aliphatic carbocycles. The van der Waals surface area contributed by atoms with Crippen LogP contribution in [0.3, 0.4) is 0 Å². The maximum absolute atomic E-state index is 11.7. The van der Waals surface area contributed by atoms with Crippen LogP contribution < -0.4 is 4.90 Å². The van der Waals surface area contributed by atoms with Gasteiger partial charge in [-0.25, -0.2) is 4.79 Å². The zero-order chi connectivity index (χ0) is 13.8. The Morgan fingerprint density at radius 3 is 2.47 bits per heavy atom. The first kappa shape index (κ1) is 12.9. The molecule has 5 heteroatoms. The molecule has 0 spiro atoms. The Hall–Kier alpha value is -2.56. The van der Waals surface area contributed by atoms with Crippen molar-refractivity contribution in [3.8, 4) is 0 Å². The number of hydrogen-bond acceptors (Lipinski definition) is 2. The van der Waals surface area contributed by atoms with E-state index in [0.29, 0.717) is 6.54 Å². The molecule has 19 heavy (non-hydrogen) atoms. The van der Waals surface area contributed by atoms with Crippen molar-refractivity contribution < 1.29 is 14.7 Å². The summed E-state index contributed by atoms with van der Waals surface area (Å²) in [4.78, 5) is 26.7. The number of amides is 1. The van der Waals surface area contributed by atoms with Crippen LogP contribution in [0.2, 0.25) is 0 Å². The number of carbonyl (C=O) groups is 2. The van der Waals surface area contributed by atoms with E-state index in [-0.39, 0.29) is 11.6 Å². The first-order valence-electron chi connectivity index (χ1n) is 5.81. The summed E-state index contributed by atoms with van der Waals surface area (Å²) < 4.78 is 0. The van der Waals surface area contributed by atoms with E-state index in [1.807, 2.05) is 30.3 Å². The number of nitrogens with zero attached hydrogens (tertiary/aromatic N) is 1. The molecule has 0 bridgehead atoms. The smallest absolute Gasteiger partial charge is 0.352 e. The van der Waals surface area contributed by atoms with Gasteiger partial charge in [0.1, 0.15) is 5.69 Å². The normalized spacial score (nSPS) is 10.2. The number of para-hydroxylation sites is 1. The van der Waals surface area contributed by atoms with Crippen molar-refractivity contribution in [3.63, 3.8) is 0 Å². The molecule has 0 atom stereocenters. The maximum atomic E-state index is 11.7. The van der Waals surface area contributed by atoms with Crippen LogP contribution in [0, 0.1) is 0 Å². The molecule has 1 heterocycles. The monoisotopic (exact) mass is 258 g/mol. The second-order valence-electron chi connectivity index (χ2n) is 4.17. The van der Waals surface area contributed by atoms with Gasteiger partial charge in [-0.2, -0.15) is 0 Å². The van der Waals surface area contributed by atoms with E-state index < -0.39 is 5.97 Å². The van der Waals surface area contributed by atoms with E-state index in [0.717, 1.165) is 11.3 Å². The molecule has 2 N–H and O–H groups in total. The Morgan fingerprint density at radius 2 is 1.95 bits per heavy atom. The predicted octanol–water partition coefficient (Wildman–Crippen LogP) is 2.27. The van der Waals surface area contributed by atoms with Crippen molar-refractivity contribution in [3.05, 3.63) is 53.9 Å². The summed E-state index contributed by atoms with van der Waals surface area (Å²) in [6, 6.07) is 10.8. The average molecular weight is 258 g/mol. The van der Waals surface area contributed by atoms with E-state index in [4.69, 9.17) is 5.11 Å². The first-order valence-corrected chi connectivity index (χ1v) is 5.81. The average Bonchev–Trinajstić information content (AvgIpc) is 2.85. The van der Waals surface area contributed by atoms with E-state index in [2.05, 4.69) is 4.98 Å². The van der Waals surface area contributed by atoms with Crippen LogP contribution in [0.1, 0.15) is 23.0 Å². The third kappa shape index (κ3) is 3.01. The molecule has 5 nitrogen and oxygen atoms in total. The van der Waals surface area contributed by atoms with Gasteiger partial charge in [0.2, 0.25) is 5.91 Å². The molecular weight excluding hydrogens is 244 g/mol. The van der Waals surface area contributed by atoms with Gasteiger partial charge in [-0.3, -0.25) is 4.79 Å². The molecule has 0 saturated heterocycles. The van der Waals surface area contributed by atoms with Crippen LogP contribution in [-0.2, 0) is 11.3 Å². The number of carboxylic acid groups (broad SMARTS) is 1. The third-order valence-corrected chi connectivity index (χ3v) is 2.76. The molecule has 1 amide bonds. The number of rotatable bonds is 4. The van der Waals surface area contributed by atoms with Crippen molar-refractivity contribution in [1.82, 2.24) is 4.98 Å². The van der Waals surface area contributed by atoms with Gasteiger partial charge >= 0.3 is 5.97 Å². The molecule has 0 saturated carbocycles. The summed E-state index contributed by atoms with van der Waals surface area (Å²) in [5.74, 6) is -1.11. The largest absolute Gasteiger partial charge is 0.477 e. The summed E-state index contributed by atoms with van der Waals surface area (Å²) >= 11 is 0.